The zero-order chi connectivity index (χ0) is 18.3. The lowest BCUT2D eigenvalue weighted by Crippen LogP contribution is -2.27. The average molecular weight is 362 g/mol. The maximum Gasteiger partial charge on any atom is 0.411 e. The first kappa shape index (κ1) is 20.2. The predicted molar refractivity (Wildman–Crippen MR) is 90.4 cm³/mol. The molecule has 5 nitrogen and oxygen atoms in total. The van der Waals surface area contributed by atoms with E-state index in [1.54, 1.807) is 0 Å². The Morgan fingerprint density at radius 3 is 2.68 bits per heavy atom. The number of alkyl halides is 3. The van der Waals surface area contributed by atoms with Crippen LogP contribution in [0, 0.1) is 5.92 Å². The van der Waals surface area contributed by atoms with E-state index >= 15 is 0 Å². The number of aromatic nitrogens is 2. The second kappa shape index (κ2) is 9.54. The molecule has 0 amide bonds. The van der Waals surface area contributed by atoms with Crippen molar-refractivity contribution in [2.45, 2.75) is 44.3 Å². The van der Waals surface area contributed by atoms with E-state index in [-0.39, 0.29) is 12.5 Å². The Bertz CT molecular complexity index is 498. The van der Waals surface area contributed by atoms with Gasteiger partial charge in [0.2, 0.25) is 0 Å². The lowest BCUT2D eigenvalue weighted by molar-refractivity contribution is -0.177. The molecule has 0 aliphatic heterocycles. The highest BCUT2D eigenvalue weighted by Gasteiger charge is 2.30. The maximum absolute atomic E-state index is 12.1. The fraction of sp³-hybridized carbons (Fsp3) is 0.824. The molecule has 25 heavy (non-hydrogen) atoms. The fourth-order valence-corrected chi connectivity index (χ4v) is 3.42. The van der Waals surface area contributed by atoms with Gasteiger partial charge in [0.1, 0.15) is 6.61 Å². The van der Waals surface area contributed by atoms with Crippen LogP contribution in [-0.4, -0.2) is 61.7 Å². The van der Waals surface area contributed by atoms with Gasteiger partial charge in [-0.3, -0.25) is 5.10 Å². The summed E-state index contributed by atoms with van der Waals surface area (Å²) in [6.45, 7) is 1.81. The molecule has 0 unspecified atom stereocenters. The standard InChI is InChI=1S/C17H29F3N4O/c1-21-7-8-24(2)10-15-9-22-23-16(15)14-5-3-13(4-6-14)11-25-12-17(18,19)20/h9,13-14,21H,3-8,10-12H2,1-2H3,(H,22,23)/t13-,14-. The van der Waals surface area contributed by atoms with Gasteiger partial charge in [-0.15, -0.1) is 0 Å². The van der Waals surface area contributed by atoms with Gasteiger partial charge in [-0.25, -0.2) is 0 Å². The van der Waals surface area contributed by atoms with Gasteiger partial charge in [0.15, 0.2) is 0 Å². The molecule has 8 heteroatoms. The van der Waals surface area contributed by atoms with E-state index in [0.717, 1.165) is 51.0 Å². The van der Waals surface area contributed by atoms with Crippen molar-refractivity contribution in [1.82, 2.24) is 20.4 Å². The van der Waals surface area contributed by atoms with Crippen molar-refractivity contribution < 1.29 is 17.9 Å². The van der Waals surface area contributed by atoms with Crippen molar-refractivity contribution in [3.63, 3.8) is 0 Å². The van der Waals surface area contributed by atoms with Gasteiger partial charge in [0.25, 0.3) is 0 Å². The minimum absolute atomic E-state index is 0.201. The maximum atomic E-state index is 12.1. The van der Waals surface area contributed by atoms with E-state index in [0.29, 0.717) is 5.92 Å². The van der Waals surface area contributed by atoms with Crippen LogP contribution in [0.4, 0.5) is 13.2 Å². The minimum atomic E-state index is -4.24. The molecular weight excluding hydrogens is 333 g/mol. The quantitative estimate of drug-likeness (QED) is 0.709. The Labute approximate surface area is 147 Å². The Hall–Kier alpha value is -1.12. The van der Waals surface area contributed by atoms with Gasteiger partial charge >= 0.3 is 6.18 Å². The van der Waals surface area contributed by atoms with Crippen molar-refractivity contribution in [2.75, 3.05) is 40.4 Å². The summed E-state index contributed by atoms with van der Waals surface area (Å²) in [5.41, 5.74) is 2.33. The number of halogens is 3. The van der Waals surface area contributed by atoms with Crippen molar-refractivity contribution in [3.05, 3.63) is 17.5 Å². The van der Waals surface area contributed by atoms with E-state index in [1.807, 2.05) is 13.2 Å². The van der Waals surface area contributed by atoms with Crippen LogP contribution < -0.4 is 5.32 Å². The summed E-state index contributed by atoms with van der Waals surface area (Å²) < 4.78 is 41.2. The van der Waals surface area contributed by atoms with Gasteiger partial charge in [0, 0.05) is 43.9 Å². The molecule has 1 aliphatic rings. The molecule has 2 rings (SSSR count). The summed E-state index contributed by atoms with van der Waals surface area (Å²) in [4.78, 5) is 2.25. The molecule has 1 aromatic heterocycles. The molecule has 1 saturated carbocycles. The highest BCUT2D eigenvalue weighted by atomic mass is 19.4. The van der Waals surface area contributed by atoms with E-state index in [2.05, 4.69) is 27.5 Å². The number of likely N-dealkylation sites (N-methyl/N-ethyl adjacent to an activating group) is 2. The molecule has 0 spiro atoms. The van der Waals surface area contributed by atoms with E-state index in [1.165, 1.54) is 5.56 Å². The average Bonchev–Trinajstić information content (AvgIpc) is 3.00. The van der Waals surface area contributed by atoms with E-state index in [9.17, 15) is 13.2 Å². The number of nitrogens with zero attached hydrogens (tertiary/aromatic N) is 2. The Morgan fingerprint density at radius 2 is 2.04 bits per heavy atom. The van der Waals surface area contributed by atoms with Gasteiger partial charge in [0.05, 0.1) is 5.69 Å². The normalized spacial score (nSPS) is 21.8. The summed E-state index contributed by atoms with van der Waals surface area (Å²) >= 11 is 0. The lowest BCUT2D eigenvalue weighted by atomic mass is 9.80. The van der Waals surface area contributed by atoms with Crippen LogP contribution in [0.5, 0.6) is 0 Å². The Kier molecular flexibility index (Phi) is 7.71. The number of aromatic amines is 1. The molecule has 0 aromatic carbocycles. The fourth-order valence-electron chi connectivity index (χ4n) is 3.42. The molecule has 0 atom stereocenters. The van der Waals surface area contributed by atoms with Gasteiger partial charge in [-0.1, -0.05) is 0 Å². The van der Waals surface area contributed by atoms with Crippen LogP contribution in [0.25, 0.3) is 0 Å². The molecule has 1 aliphatic carbocycles. The molecule has 1 fully saturated rings. The second-order valence-corrected chi connectivity index (χ2v) is 6.99. The van der Waals surface area contributed by atoms with Crippen LogP contribution in [0.15, 0.2) is 6.20 Å². The smallest absolute Gasteiger partial charge is 0.372 e. The van der Waals surface area contributed by atoms with Crippen molar-refractivity contribution in [3.8, 4) is 0 Å². The predicted octanol–water partition coefficient (Wildman–Crippen LogP) is 2.91. The summed E-state index contributed by atoms with van der Waals surface area (Å²) in [5, 5.41) is 10.6. The third-order valence-corrected chi connectivity index (χ3v) is 4.79. The van der Waals surface area contributed by atoms with E-state index < -0.39 is 12.8 Å². The Balaban J connectivity index is 1.78. The minimum Gasteiger partial charge on any atom is -0.372 e. The zero-order valence-corrected chi connectivity index (χ0v) is 15.0. The number of nitrogens with one attached hydrogen (secondary N) is 2. The van der Waals surface area contributed by atoms with E-state index in [4.69, 9.17) is 4.74 Å². The monoisotopic (exact) mass is 362 g/mol. The number of hydrogen-bond acceptors (Lipinski definition) is 4. The van der Waals surface area contributed by atoms with Crippen LogP contribution in [-0.2, 0) is 11.3 Å². The first-order chi connectivity index (χ1) is 11.9. The van der Waals surface area contributed by atoms with Crippen LogP contribution in [0.2, 0.25) is 0 Å². The Morgan fingerprint density at radius 1 is 1.32 bits per heavy atom. The number of hydrogen-bond donors (Lipinski definition) is 2. The van der Waals surface area contributed by atoms with Gasteiger partial charge < -0.3 is 15.0 Å². The molecule has 1 heterocycles. The largest absolute Gasteiger partial charge is 0.411 e. The first-order valence-corrected chi connectivity index (χ1v) is 8.89. The highest BCUT2D eigenvalue weighted by molar-refractivity contribution is 5.21. The second-order valence-electron chi connectivity index (χ2n) is 6.99. The van der Waals surface area contributed by atoms with Gasteiger partial charge in [-0.05, 0) is 45.7 Å². The molecule has 0 bridgehead atoms. The lowest BCUT2D eigenvalue weighted by Gasteiger charge is -2.28. The summed E-state index contributed by atoms with van der Waals surface area (Å²) in [6.07, 6.45) is 1.43. The summed E-state index contributed by atoms with van der Waals surface area (Å²) in [7, 11) is 4.02. The summed E-state index contributed by atoms with van der Waals surface area (Å²) in [5.74, 6) is 0.608. The SMILES string of the molecule is CNCCN(C)Cc1c[nH]nc1[C@H]1CC[C@H](COCC(F)(F)F)CC1. The zero-order valence-electron chi connectivity index (χ0n) is 15.0. The highest BCUT2D eigenvalue weighted by Crippen LogP contribution is 2.36. The third kappa shape index (κ3) is 6.95. The van der Waals surface area contributed by atoms with Gasteiger partial charge in [-0.2, -0.15) is 18.3 Å². The third-order valence-electron chi connectivity index (χ3n) is 4.79. The first-order valence-electron chi connectivity index (χ1n) is 8.89. The number of H-pyrrole nitrogens is 1. The van der Waals surface area contributed by atoms with Crippen LogP contribution >= 0.6 is 0 Å². The number of ether oxygens (including phenoxy) is 1. The van der Waals surface area contributed by atoms with Crippen molar-refractivity contribution in [1.29, 1.82) is 0 Å². The van der Waals surface area contributed by atoms with Crippen molar-refractivity contribution in [2.24, 2.45) is 5.92 Å². The number of rotatable bonds is 9. The van der Waals surface area contributed by atoms with Crippen LogP contribution in [0.3, 0.4) is 0 Å². The molecule has 2 N–H and O–H groups in total. The molecular formula is C17H29F3N4O. The topological polar surface area (TPSA) is 53.2 Å². The van der Waals surface area contributed by atoms with Crippen LogP contribution in [0.1, 0.15) is 42.9 Å². The molecule has 0 saturated heterocycles. The summed E-state index contributed by atoms with van der Waals surface area (Å²) in [6, 6.07) is 0. The molecule has 0 radical (unpaired) electrons. The molecule has 1 aromatic rings. The van der Waals surface area contributed by atoms with Crippen molar-refractivity contribution >= 4 is 0 Å². The molecule has 144 valence electrons.